The van der Waals surface area contributed by atoms with Crippen molar-refractivity contribution in [2.24, 2.45) is 0 Å². The molecule has 0 aliphatic rings. The Balaban J connectivity index is 2.02. The van der Waals surface area contributed by atoms with Gasteiger partial charge in [-0.05, 0) is 26.0 Å². The Morgan fingerprint density at radius 3 is 2.68 bits per heavy atom. The summed E-state index contributed by atoms with van der Waals surface area (Å²) in [7, 11) is 0. The van der Waals surface area contributed by atoms with Gasteiger partial charge in [0.05, 0.1) is 23.8 Å². The van der Waals surface area contributed by atoms with Crippen LogP contribution in [0.3, 0.4) is 0 Å². The molecule has 1 aromatic carbocycles. The number of amides is 2. The topological polar surface area (TPSA) is 93.1 Å². The van der Waals surface area contributed by atoms with Gasteiger partial charge in [0, 0.05) is 6.04 Å². The maximum atomic E-state index is 12.2. The fraction of sp³-hybridized carbons (Fsp3) is 0.333. The summed E-state index contributed by atoms with van der Waals surface area (Å²) in [6.45, 7) is 3.37. The van der Waals surface area contributed by atoms with E-state index >= 15 is 0 Å². The average Bonchev–Trinajstić information content (AvgIpc) is 2.48. The maximum Gasteiger partial charge on any atom is 0.261 e. The second-order valence-electron chi connectivity index (χ2n) is 5.19. The van der Waals surface area contributed by atoms with Crippen molar-refractivity contribution in [1.29, 1.82) is 0 Å². The zero-order chi connectivity index (χ0) is 16.1. The highest BCUT2D eigenvalue weighted by Crippen LogP contribution is 2.04. The van der Waals surface area contributed by atoms with Crippen LogP contribution in [0.2, 0.25) is 0 Å². The zero-order valence-electron chi connectivity index (χ0n) is 12.5. The van der Waals surface area contributed by atoms with E-state index in [1.165, 1.54) is 10.9 Å². The molecule has 2 aromatic rings. The number of nitrogens with one attached hydrogen (secondary N) is 2. The first-order valence-corrected chi connectivity index (χ1v) is 6.97. The van der Waals surface area contributed by atoms with E-state index in [2.05, 4.69) is 15.6 Å². The van der Waals surface area contributed by atoms with Crippen LogP contribution < -0.4 is 16.2 Å². The molecule has 7 nitrogen and oxygen atoms in total. The standard InChI is InChI=1S/C15H18N4O3/c1-10(2)18-13(20)7-16-14(21)8-19-9-17-12-6-4-3-5-11(12)15(19)22/h3-6,9-10H,7-8H2,1-2H3,(H,16,21)(H,18,20). The molecule has 2 amide bonds. The number of benzene rings is 1. The van der Waals surface area contributed by atoms with Crippen LogP contribution in [0.5, 0.6) is 0 Å². The van der Waals surface area contributed by atoms with Crippen molar-refractivity contribution < 1.29 is 9.59 Å². The SMILES string of the molecule is CC(C)NC(=O)CNC(=O)Cn1cnc2ccccc2c1=O. The lowest BCUT2D eigenvalue weighted by molar-refractivity contribution is -0.126. The molecule has 0 aliphatic heterocycles. The molecule has 0 saturated carbocycles. The third kappa shape index (κ3) is 3.91. The van der Waals surface area contributed by atoms with Gasteiger partial charge in [-0.25, -0.2) is 4.98 Å². The molecule has 0 aliphatic carbocycles. The lowest BCUT2D eigenvalue weighted by atomic mass is 10.2. The fourth-order valence-corrected chi connectivity index (χ4v) is 1.98. The molecule has 0 bridgehead atoms. The molecular formula is C15H18N4O3. The Labute approximate surface area is 127 Å². The summed E-state index contributed by atoms with van der Waals surface area (Å²) in [4.78, 5) is 39.6. The van der Waals surface area contributed by atoms with Crippen LogP contribution in [0.15, 0.2) is 35.4 Å². The van der Waals surface area contributed by atoms with Crippen molar-refractivity contribution in [2.45, 2.75) is 26.4 Å². The number of carbonyl (C=O) groups is 2. The Bertz CT molecular complexity index is 752. The minimum atomic E-state index is -0.418. The fourth-order valence-electron chi connectivity index (χ4n) is 1.98. The Morgan fingerprint density at radius 1 is 1.23 bits per heavy atom. The number of hydrogen-bond acceptors (Lipinski definition) is 4. The zero-order valence-corrected chi connectivity index (χ0v) is 12.5. The van der Waals surface area contributed by atoms with Gasteiger partial charge in [-0.15, -0.1) is 0 Å². The van der Waals surface area contributed by atoms with Gasteiger partial charge in [0.1, 0.15) is 6.54 Å². The molecule has 0 radical (unpaired) electrons. The van der Waals surface area contributed by atoms with E-state index in [1.807, 2.05) is 13.8 Å². The normalized spacial score (nSPS) is 10.7. The second kappa shape index (κ2) is 6.84. The largest absolute Gasteiger partial charge is 0.352 e. The molecule has 0 unspecified atom stereocenters. The molecule has 22 heavy (non-hydrogen) atoms. The molecule has 7 heteroatoms. The van der Waals surface area contributed by atoms with Gasteiger partial charge in [0.15, 0.2) is 0 Å². The van der Waals surface area contributed by atoms with E-state index < -0.39 is 5.91 Å². The number of nitrogens with zero attached hydrogens (tertiary/aromatic N) is 2. The Hall–Kier alpha value is -2.70. The minimum absolute atomic E-state index is 0.0108. The van der Waals surface area contributed by atoms with E-state index in [9.17, 15) is 14.4 Å². The maximum absolute atomic E-state index is 12.2. The highest BCUT2D eigenvalue weighted by atomic mass is 16.2. The van der Waals surface area contributed by atoms with Crippen molar-refractivity contribution in [3.63, 3.8) is 0 Å². The molecule has 0 spiro atoms. The van der Waals surface area contributed by atoms with Gasteiger partial charge in [0.2, 0.25) is 11.8 Å². The van der Waals surface area contributed by atoms with E-state index in [0.29, 0.717) is 10.9 Å². The highest BCUT2D eigenvalue weighted by molar-refractivity contribution is 5.85. The highest BCUT2D eigenvalue weighted by Gasteiger charge is 2.09. The van der Waals surface area contributed by atoms with Crippen molar-refractivity contribution >= 4 is 22.7 Å². The Kier molecular flexibility index (Phi) is 4.88. The van der Waals surface area contributed by atoms with E-state index in [1.54, 1.807) is 24.3 Å². The number of hydrogen-bond donors (Lipinski definition) is 2. The van der Waals surface area contributed by atoms with Crippen molar-refractivity contribution in [3.8, 4) is 0 Å². The van der Waals surface area contributed by atoms with Crippen LogP contribution in [0.1, 0.15) is 13.8 Å². The van der Waals surface area contributed by atoms with Gasteiger partial charge in [-0.2, -0.15) is 0 Å². The second-order valence-corrected chi connectivity index (χ2v) is 5.19. The number of rotatable bonds is 5. The van der Waals surface area contributed by atoms with Gasteiger partial charge < -0.3 is 10.6 Å². The molecular weight excluding hydrogens is 284 g/mol. The van der Waals surface area contributed by atoms with Gasteiger partial charge in [-0.1, -0.05) is 12.1 Å². The smallest absolute Gasteiger partial charge is 0.261 e. The summed E-state index contributed by atoms with van der Waals surface area (Å²) in [5.41, 5.74) is 0.299. The molecule has 1 aromatic heterocycles. The van der Waals surface area contributed by atoms with Gasteiger partial charge in [-0.3, -0.25) is 19.0 Å². The van der Waals surface area contributed by atoms with Crippen LogP contribution in [-0.2, 0) is 16.1 Å². The molecule has 0 atom stereocenters. The minimum Gasteiger partial charge on any atom is -0.352 e. The average molecular weight is 302 g/mol. The number of para-hydroxylation sites is 1. The number of fused-ring (bicyclic) bond motifs is 1. The van der Waals surface area contributed by atoms with Crippen molar-refractivity contribution in [2.75, 3.05) is 6.54 Å². The van der Waals surface area contributed by atoms with Crippen LogP contribution in [-0.4, -0.2) is 34.0 Å². The molecule has 2 N–H and O–H groups in total. The molecule has 1 heterocycles. The van der Waals surface area contributed by atoms with Crippen LogP contribution in [0, 0.1) is 0 Å². The number of carbonyl (C=O) groups excluding carboxylic acids is 2. The van der Waals surface area contributed by atoms with Crippen molar-refractivity contribution in [1.82, 2.24) is 20.2 Å². The van der Waals surface area contributed by atoms with Gasteiger partial charge in [0.25, 0.3) is 5.56 Å². The summed E-state index contributed by atoms with van der Waals surface area (Å²) < 4.78 is 1.22. The van der Waals surface area contributed by atoms with E-state index in [-0.39, 0.29) is 30.6 Å². The lowest BCUT2D eigenvalue weighted by Crippen LogP contribution is -2.41. The van der Waals surface area contributed by atoms with Crippen LogP contribution in [0.25, 0.3) is 10.9 Å². The van der Waals surface area contributed by atoms with Crippen LogP contribution >= 0.6 is 0 Å². The number of aromatic nitrogens is 2. The summed E-state index contributed by atoms with van der Waals surface area (Å²) >= 11 is 0. The summed E-state index contributed by atoms with van der Waals surface area (Å²) in [5.74, 6) is -0.689. The summed E-state index contributed by atoms with van der Waals surface area (Å²) in [6.07, 6.45) is 1.33. The predicted octanol–water partition coefficient (Wildman–Crippen LogP) is 0.0373. The van der Waals surface area contributed by atoms with Crippen molar-refractivity contribution in [3.05, 3.63) is 40.9 Å². The monoisotopic (exact) mass is 302 g/mol. The first-order chi connectivity index (χ1) is 10.5. The van der Waals surface area contributed by atoms with Crippen LogP contribution in [0.4, 0.5) is 0 Å². The quantitative estimate of drug-likeness (QED) is 0.815. The van der Waals surface area contributed by atoms with E-state index in [0.717, 1.165) is 0 Å². The molecule has 116 valence electrons. The Morgan fingerprint density at radius 2 is 1.95 bits per heavy atom. The van der Waals surface area contributed by atoms with Gasteiger partial charge >= 0.3 is 0 Å². The van der Waals surface area contributed by atoms with E-state index in [4.69, 9.17) is 0 Å². The lowest BCUT2D eigenvalue weighted by Gasteiger charge is -2.10. The summed E-state index contributed by atoms with van der Waals surface area (Å²) in [5, 5.41) is 5.59. The third-order valence-corrected chi connectivity index (χ3v) is 2.94. The first-order valence-electron chi connectivity index (χ1n) is 6.97. The summed E-state index contributed by atoms with van der Waals surface area (Å²) in [6, 6.07) is 6.94. The molecule has 2 rings (SSSR count). The first kappa shape index (κ1) is 15.7. The third-order valence-electron chi connectivity index (χ3n) is 2.94. The molecule has 0 saturated heterocycles. The predicted molar refractivity (Wildman–Crippen MR) is 82.3 cm³/mol. The molecule has 0 fully saturated rings.